The lowest BCUT2D eigenvalue weighted by Crippen LogP contribution is -2.00. The largest absolute Gasteiger partial charge is 0.362 e. The first-order chi connectivity index (χ1) is 10.6. The summed E-state index contributed by atoms with van der Waals surface area (Å²) in [5, 5.41) is 15.3. The van der Waals surface area contributed by atoms with Gasteiger partial charge in [0.2, 0.25) is 0 Å². The summed E-state index contributed by atoms with van der Waals surface area (Å²) < 4.78 is 1.13. The van der Waals surface area contributed by atoms with Gasteiger partial charge in [-0.05, 0) is 32.4 Å². The van der Waals surface area contributed by atoms with E-state index >= 15 is 0 Å². The minimum atomic E-state index is 0.685. The van der Waals surface area contributed by atoms with E-state index < -0.39 is 0 Å². The maximum absolute atomic E-state index is 4.64. The Morgan fingerprint density at radius 1 is 1.23 bits per heavy atom. The van der Waals surface area contributed by atoms with Crippen LogP contribution in [-0.2, 0) is 6.54 Å². The number of pyridine rings is 1. The zero-order valence-corrected chi connectivity index (χ0v) is 14.2. The van der Waals surface area contributed by atoms with Crippen molar-refractivity contribution >= 4 is 48.9 Å². The van der Waals surface area contributed by atoms with Crippen molar-refractivity contribution in [3.05, 3.63) is 33.4 Å². The summed E-state index contributed by atoms with van der Waals surface area (Å²) >= 11 is 3.34. The highest BCUT2D eigenvalue weighted by Gasteiger charge is 2.15. The van der Waals surface area contributed by atoms with Crippen LogP contribution in [-0.4, -0.2) is 20.2 Å². The van der Waals surface area contributed by atoms with Crippen LogP contribution in [0.5, 0.6) is 0 Å². The van der Waals surface area contributed by atoms with E-state index in [4.69, 9.17) is 0 Å². The lowest BCUT2D eigenvalue weighted by Gasteiger charge is -1.99. The summed E-state index contributed by atoms with van der Waals surface area (Å²) in [6.45, 7) is 6.85. The summed E-state index contributed by atoms with van der Waals surface area (Å²) in [4.78, 5) is 10.2. The van der Waals surface area contributed by atoms with Crippen molar-refractivity contribution < 1.29 is 0 Å². The first-order valence-corrected chi connectivity index (χ1v) is 8.71. The van der Waals surface area contributed by atoms with E-state index in [2.05, 4.69) is 43.9 Å². The zero-order chi connectivity index (χ0) is 15.3. The number of rotatable bonds is 3. The van der Waals surface area contributed by atoms with Crippen molar-refractivity contribution in [2.75, 3.05) is 5.32 Å². The SMILES string of the molecule is Cc1cc(C)c2c(n1)sc1c(NCc3csc(C)n3)n[nH]c12. The molecule has 4 aromatic rings. The summed E-state index contributed by atoms with van der Waals surface area (Å²) in [6, 6.07) is 2.11. The van der Waals surface area contributed by atoms with Crippen molar-refractivity contribution in [2.24, 2.45) is 0 Å². The van der Waals surface area contributed by atoms with Gasteiger partial charge in [0, 0.05) is 16.5 Å². The van der Waals surface area contributed by atoms with Crippen molar-refractivity contribution in [3.63, 3.8) is 0 Å². The number of hydrogen-bond donors (Lipinski definition) is 2. The lowest BCUT2D eigenvalue weighted by atomic mass is 10.2. The molecule has 0 bridgehead atoms. The van der Waals surface area contributed by atoms with Crippen LogP contribution in [0.15, 0.2) is 11.4 Å². The normalized spacial score (nSPS) is 11.6. The number of H-pyrrole nitrogens is 1. The molecular weight excluding hydrogens is 314 g/mol. The molecule has 0 aliphatic carbocycles. The van der Waals surface area contributed by atoms with Crippen LogP contribution in [0.25, 0.3) is 20.4 Å². The Morgan fingerprint density at radius 3 is 2.86 bits per heavy atom. The summed E-state index contributed by atoms with van der Waals surface area (Å²) in [5.74, 6) is 0.876. The smallest absolute Gasteiger partial charge is 0.166 e. The Kier molecular flexibility index (Phi) is 3.12. The number of aromatic nitrogens is 4. The van der Waals surface area contributed by atoms with Crippen LogP contribution in [0.1, 0.15) is 22.0 Å². The second-order valence-corrected chi connectivity index (χ2v) is 7.41. The molecule has 4 aromatic heterocycles. The molecule has 0 spiro atoms. The van der Waals surface area contributed by atoms with E-state index in [0.29, 0.717) is 6.54 Å². The van der Waals surface area contributed by atoms with Gasteiger partial charge in [0.1, 0.15) is 4.83 Å². The fourth-order valence-corrected chi connectivity index (χ4v) is 4.49. The molecule has 0 radical (unpaired) electrons. The molecule has 22 heavy (non-hydrogen) atoms. The molecule has 7 heteroatoms. The predicted octanol–water partition coefficient (Wildman–Crippen LogP) is 4.17. The Morgan fingerprint density at radius 2 is 2.09 bits per heavy atom. The Bertz CT molecular complexity index is 979. The van der Waals surface area contributed by atoms with Gasteiger partial charge >= 0.3 is 0 Å². The third kappa shape index (κ3) is 2.17. The van der Waals surface area contributed by atoms with Crippen molar-refractivity contribution in [1.82, 2.24) is 20.2 Å². The molecule has 5 nitrogen and oxygen atoms in total. The molecule has 0 amide bonds. The van der Waals surface area contributed by atoms with E-state index in [9.17, 15) is 0 Å². The molecule has 0 saturated carbocycles. The van der Waals surface area contributed by atoms with Gasteiger partial charge in [0.25, 0.3) is 0 Å². The molecule has 0 aliphatic rings. The average molecular weight is 329 g/mol. The number of anilines is 1. The first-order valence-electron chi connectivity index (χ1n) is 7.01. The van der Waals surface area contributed by atoms with Crippen LogP contribution in [0.3, 0.4) is 0 Å². The molecule has 0 atom stereocenters. The van der Waals surface area contributed by atoms with Crippen LogP contribution in [0.2, 0.25) is 0 Å². The van der Waals surface area contributed by atoms with Gasteiger partial charge in [-0.15, -0.1) is 22.7 Å². The standard InChI is InChI=1S/C15H15N5S2/c1-7-4-8(2)17-15-11(7)12-13(22-15)14(20-19-12)16-5-10-6-21-9(3)18-10/h4,6H,5H2,1-3H3,(H2,16,19,20). The van der Waals surface area contributed by atoms with Gasteiger partial charge in [-0.3, -0.25) is 5.10 Å². The molecule has 4 rings (SSSR count). The quantitative estimate of drug-likeness (QED) is 0.592. The molecule has 0 aromatic carbocycles. The Hall–Kier alpha value is -1.99. The van der Waals surface area contributed by atoms with Gasteiger partial charge in [0.05, 0.1) is 27.5 Å². The molecule has 0 aliphatic heterocycles. The van der Waals surface area contributed by atoms with E-state index in [1.165, 1.54) is 10.9 Å². The second kappa shape index (κ2) is 5.03. The van der Waals surface area contributed by atoms with Crippen molar-refractivity contribution in [2.45, 2.75) is 27.3 Å². The molecule has 0 saturated heterocycles. The monoisotopic (exact) mass is 329 g/mol. The van der Waals surface area contributed by atoms with Crippen molar-refractivity contribution in [1.29, 1.82) is 0 Å². The van der Waals surface area contributed by atoms with Gasteiger partial charge in [-0.25, -0.2) is 9.97 Å². The fraction of sp³-hybridized carbons (Fsp3) is 0.267. The molecule has 2 N–H and O–H groups in total. The maximum atomic E-state index is 4.64. The number of aromatic amines is 1. The molecule has 0 unspecified atom stereocenters. The van der Waals surface area contributed by atoms with E-state index in [1.807, 2.05) is 13.8 Å². The van der Waals surface area contributed by atoms with Crippen LogP contribution >= 0.6 is 22.7 Å². The molecule has 0 fully saturated rings. The number of thiazole rings is 1. The first kappa shape index (κ1) is 13.7. The third-order valence-electron chi connectivity index (χ3n) is 3.59. The number of aryl methyl sites for hydroxylation is 3. The minimum Gasteiger partial charge on any atom is -0.362 e. The fourth-order valence-electron chi connectivity index (χ4n) is 2.66. The highest BCUT2D eigenvalue weighted by Crippen LogP contribution is 2.37. The highest BCUT2D eigenvalue weighted by molar-refractivity contribution is 7.26. The number of nitrogens with one attached hydrogen (secondary N) is 2. The third-order valence-corrected chi connectivity index (χ3v) is 5.50. The van der Waals surface area contributed by atoms with Crippen molar-refractivity contribution in [3.8, 4) is 0 Å². The second-order valence-electron chi connectivity index (χ2n) is 5.35. The average Bonchev–Trinajstić information content (AvgIpc) is 3.11. The Balaban J connectivity index is 1.74. The van der Waals surface area contributed by atoms with Gasteiger partial charge < -0.3 is 5.32 Å². The lowest BCUT2D eigenvalue weighted by molar-refractivity contribution is 1.02. The highest BCUT2D eigenvalue weighted by atomic mass is 32.1. The van der Waals surface area contributed by atoms with E-state index in [0.717, 1.165) is 37.3 Å². The molecule has 112 valence electrons. The Labute approximate surface area is 135 Å². The van der Waals surface area contributed by atoms with Gasteiger partial charge in [-0.1, -0.05) is 0 Å². The maximum Gasteiger partial charge on any atom is 0.166 e. The van der Waals surface area contributed by atoms with E-state index in [1.54, 1.807) is 22.7 Å². The number of hydrogen-bond acceptors (Lipinski definition) is 6. The summed E-state index contributed by atoms with van der Waals surface area (Å²) in [7, 11) is 0. The minimum absolute atomic E-state index is 0.685. The van der Waals surface area contributed by atoms with E-state index in [-0.39, 0.29) is 0 Å². The predicted molar refractivity (Wildman–Crippen MR) is 92.9 cm³/mol. The number of fused-ring (bicyclic) bond motifs is 3. The number of nitrogens with zero attached hydrogens (tertiary/aromatic N) is 3. The zero-order valence-electron chi connectivity index (χ0n) is 12.5. The number of thiophene rings is 1. The van der Waals surface area contributed by atoms with Crippen LogP contribution in [0, 0.1) is 20.8 Å². The summed E-state index contributed by atoms with van der Waals surface area (Å²) in [5.41, 5.74) is 4.40. The summed E-state index contributed by atoms with van der Waals surface area (Å²) in [6.07, 6.45) is 0. The van der Waals surface area contributed by atoms with Crippen LogP contribution in [0.4, 0.5) is 5.82 Å². The van der Waals surface area contributed by atoms with Gasteiger partial charge in [0.15, 0.2) is 5.82 Å². The van der Waals surface area contributed by atoms with Gasteiger partial charge in [-0.2, -0.15) is 5.10 Å². The van der Waals surface area contributed by atoms with Crippen LogP contribution < -0.4 is 5.32 Å². The molecule has 4 heterocycles. The topological polar surface area (TPSA) is 66.5 Å². The molecular formula is C15H15N5S2.